The Balaban J connectivity index is 1.60. The zero-order valence-electron chi connectivity index (χ0n) is 13.4. The minimum Gasteiger partial charge on any atom is -0.454 e. The standard InChI is InChI=1S/C16H19N3O4S/c1-19(2)24(20,21)18-14-6-4-13(5-7-14)17-10-12-3-8-15-16(9-12)23-11-22-15/h3-9,17-18H,10-11H2,1-2H3. The van der Waals surface area contributed by atoms with Gasteiger partial charge in [0.25, 0.3) is 0 Å². The van der Waals surface area contributed by atoms with Gasteiger partial charge in [0, 0.05) is 32.0 Å². The van der Waals surface area contributed by atoms with E-state index in [9.17, 15) is 8.42 Å². The number of nitrogens with zero attached hydrogens (tertiary/aromatic N) is 1. The number of benzene rings is 2. The van der Waals surface area contributed by atoms with Crippen LogP contribution in [0.2, 0.25) is 0 Å². The summed E-state index contributed by atoms with van der Waals surface area (Å²) in [5.74, 6) is 1.51. The van der Waals surface area contributed by atoms with Crippen LogP contribution in [-0.4, -0.2) is 33.6 Å². The van der Waals surface area contributed by atoms with Crippen LogP contribution >= 0.6 is 0 Å². The average molecular weight is 349 g/mol. The smallest absolute Gasteiger partial charge is 0.301 e. The fourth-order valence-corrected chi connectivity index (χ4v) is 2.77. The summed E-state index contributed by atoms with van der Waals surface area (Å²) in [5, 5.41) is 3.28. The number of fused-ring (bicyclic) bond motifs is 1. The van der Waals surface area contributed by atoms with Crippen molar-refractivity contribution in [1.29, 1.82) is 0 Å². The minimum atomic E-state index is -3.49. The molecule has 0 aromatic heterocycles. The lowest BCUT2D eigenvalue weighted by molar-refractivity contribution is 0.174. The van der Waals surface area contributed by atoms with Crippen molar-refractivity contribution in [2.45, 2.75) is 6.54 Å². The Morgan fingerprint density at radius 2 is 1.67 bits per heavy atom. The monoisotopic (exact) mass is 349 g/mol. The first-order valence-electron chi connectivity index (χ1n) is 7.37. The molecule has 1 aliphatic rings. The molecule has 0 spiro atoms. The SMILES string of the molecule is CN(C)S(=O)(=O)Nc1ccc(NCc2ccc3c(c2)OCO3)cc1. The molecule has 0 atom stereocenters. The molecular formula is C16H19N3O4S. The summed E-state index contributed by atoms with van der Waals surface area (Å²) < 4.78 is 37.8. The highest BCUT2D eigenvalue weighted by Crippen LogP contribution is 2.32. The van der Waals surface area contributed by atoms with Crippen molar-refractivity contribution in [1.82, 2.24) is 4.31 Å². The molecule has 1 aliphatic heterocycles. The fourth-order valence-electron chi connectivity index (χ4n) is 2.15. The van der Waals surface area contributed by atoms with E-state index < -0.39 is 10.2 Å². The maximum absolute atomic E-state index is 11.8. The second kappa shape index (κ2) is 6.58. The van der Waals surface area contributed by atoms with Crippen LogP contribution in [0.3, 0.4) is 0 Å². The zero-order chi connectivity index (χ0) is 17.2. The number of nitrogens with one attached hydrogen (secondary N) is 2. The van der Waals surface area contributed by atoms with Crippen LogP contribution in [0, 0.1) is 0 Å². The molecule has 0 unspecified atom stereocenters. The van der Waals surface area contributed by atoms with Crippen molar-refractivity contribution in [3.8, 4) is 11.5 Å². The van der Waals surface area contributed by atoms with E-state index >= 15 is 0 Å². The van der Waals surface area contributed by atoms with Crippen molar-refractivity contribution >= 4 is 21.6 Å². The highest BCUT2D eigenvalue weighted by Gasteiger charge is 2.14. The molecule has 0 fully saturated rings. The first-order chi connectivity index (χ1) is 11.4. The van der Waals surface area contributed by atoms with Crippen LogP contribution in [0.25, 0.3) is 0 Å². The molecule has 128 valence electrons. The Morgan fingerprint density at radius 1 is 1.00 bits per heavy atom. The number of rotatable bonds is 6. The summed E-state index contributed by atoms with van der Waals surface area (Å²) in [6.07, 6.45) is 0. The van der Waals surface area contributed by atoms with Gasteiger partial charge in [0.15, 0.2) is 11.5 Å². The third-order valence-electron chi connectivity index (χ3n) is 3.55. The zero-order valence-corrected chi connectivity index (χ0v) is 14.3. The van der Waals surface area contributed by atoms with E-state index in [1.165, 1.54) is 14.1 Å². The van der Waals surface area contributed by atoms with Gasteiger partial charge < -0.3 is 14.8 Å². The van der Waals surface area contributed by atoms with Gasteiger partial charge in [-0.15, -0.1) is 0 Å². The molecule has 2 aromatic rings. The number of hydrogen-bond acceptors (Lipinski definition) is 5. The topological polar surface area (TPSA) is 79.9 Å². The maximum atomic E-state index is 11.8. The molecule has 8 heteroatoms. The van der Waals surface area contributed by atoms with Crippen LogP contribution in [0.5, 0.6) is 11.5 Å². The first-order valence-corrected chi connectivity index (χ1v) is 8.81. The highest BCUT2D eigenvalue weighted by atomic mass is 32.2. The largest absolute Gasteiger partial charge is 0.454 e. The molecule has 7 nitrogen and oxygen atoms in total. The summed E-state index contributed by atoms with van der Waals surface area (Å²) in [7, 11) is -0.536. The molecule has 2 N–H and O–H groups in total. The predicted molar refractivity (Wildman–Crippen MR) is 92.6 cm³/mol. The van der Waals surface area contributed by atoms with Crippen LogP contribution in [0.4, 0.5) is 11.4 Å². The lowest BCUT2D eigenvalue weighted by atomic mass is 10.2. The van der Waals surface area contributed by atoms with Crippen LogP contribution in [-0.2, 0) is 16.8 Å². The van der Waals surface area contributed by atoms with E-state index in [1.807, 2.05) is 30.3 Å². The Kier molecular flexibility index (Phi) is 4.50. The Labute approximate surface area is 141 Å². The number of ether oxygens (including phenoxy) is 2. The minimum absolute atomic E-state index is 0.260. The van der Waals surface area contributed by atoms with Gasteiger partial charge >= 0.3 is 10.2 Å². The average Bonchev–Trinajstić information content (AvgIpc) is 3.01. The molecule has 1 heterocycles. The van der Waals surface area contributed by atoms with E-state index in [4.69, 9.17) is 9.47 Å². The van der Waals surface area contributed by atoms with Crippen molar-refractivity contribution in [2.75, 3.05) is 30.9 Å². The van der Waals surface area contributed by atoms with Gasteiger partial charge in [0.2, 0.25) is 6.79 Å². The second-order valence-electron chi connectivity index (χ2n) is 5.51. The first kappa shape index (κ1) is 16.4. The summed E-state index contributed by atoms with van der Waals surface area (Å²) in [4.78, 5) is 0. The molecule has 0 bridgehead atoms. The van der Waals surface area contributed by atoms with Crippen LogP contribution < -0.4 is 19.5 Å². The number of hydrogen-bond donors (Lipinski definition) is 2. The maximum Gasteiger partial charge on any atom is 0.301 e. The van der Waals surface area contributed by atoms with Gasteiger partial charge in [-0.25, -0.2) is 0 Å². The normalized spacial score (nSPS) is 13.1. The summed E-state index contributed by atoms with van der Waals surface area (Å²) in [6.45, 7) is 0.885. The third-order valence-corrected chi connectivity index (χ3v) is 5.00. The van der Waals surface area contributed by atoms with Crippen molar-refractivity contribution in [2.24, 2.45) is 0 Å². The molecule has 24 heavy (non-hydrogen) atoms. The van der Waals surface area contributed by atoms with Crippen molar-refractivity contribution in [3.63, 3.8) is 0 Å². The van der Waals surface area contributed by atoms with Crippen LogP contribution in [0.1, 0.15) is 5.56 Å². The molecule has 0 radical (unpaired) electrons. The van der Waals surface area contributed by atoms with E-state index in [0.29, 0.717) is 12.2 Å². The fraction of sp³-hybridized carbons (Fsp3) is 0.250. The molecule has 0 saturated carbocycles. The van der Waals surface area contributed by atoms with Gasteiger partial charge in [0.1, 0.15) is 0 Å². The molecule has 0 saturated heterocycles. The van der Waals surface area contributed by atoms with E-state index in [1.54, 1.807) is 12.1 Å². The lowest BCUT2D eigenvalue weighted by Gasteiger charge is -2.14. The molecule has 3 rings (SSSR count). The Bertz CT molecular complexity index is 820. The van der Waals surface area contributed by atoms with Crippen molar-refractivity contribution in [3.05, 3.63) is 48.0 Å². The molecule has 0 amide bonds. The molecule has 0 aliphatic carbocycles. The second-order valence-corrected chi connectivity index (χ2v) is 7.39. The van der Waals surface area contributed by atoms with Gasteiger partial charge in [-0.2, -0.15) is 12.7 Å². The molecular weight excluding hydrogens is 330 g/mol. The van der Waals surface area contributed by atoms with Crippen LogP contribution in [0.15, 0.2) is 42.5 Å². The van der Waals surface area contributed by atoms with E-state index in [2.05, 4.69) is 10.0 Å². The lowest BCUT2D eigenvalue weighted by Crippen LogP contribution is -2.28. The summed E-state index contributed by atoms with van der Waals surface area (Å²) in [6, 6.07) is 12.9. The molecule has 2 aromatic carbocycles. The van der Waals surface area contributed by atoms with Gasteiger partial charge in [-0.3, -0.25) is 4.72 Å². The van der Waals surface area contributed by atoms with Gasteiger partial charge in [0.05, 0.1) is 0 Å². The Morgan fingerprint density at radius 3 is 2.38 bits per heavy atom. The van der Waals surface area contributed by atoms with Gasteiger partial charge in [-0.1, -0.05) is 6.07 Å². The Hall–Kier alpha value is -2.45. The summed E-state index contributed by atoms with van der Waals surface area (Å²) in [5.41, 5.74) is 2.47. The number of anilines is 2. The van der Waals surface area contributed by atoms with Crippen molar-refractivity contribution < 1.29 is 17.9 Å². The van der Waals surface area contributed by atoms with Gasteiger partial charge in [-0.05, 0) is 42.0 Å². The third kappa shape index (κ3) is 3.72. The van der Waals surface area contributed by atoms with E-state index in [-0.39, 0.29) is 6.79 Å². The predicted octanol–water partition coefficient (Wildman–Crippen LogP) is 2.25. The quantitative estimate of drug-likeness (QED) is 0.836. The summed E-state index contributed by atoms with van der Waals surface area (Å²) >= 11 is 0. The van der Waals surface area contributed by atoms with E-state index in [0.717, 1.165) is 27.1 Å². The highest BCUT2D eigenvalue weighted by molar-refractivity contribution is 7.90.